The molecule has 1 saturated heterocycles. The lowest BCUT2D eigenvalue weighted by molar-refractivity contribution is 0.124. The molecule has 0 spiro atoms. The normalized spacial score (nSPS) is 17.6. The Morgan fingerprint density at radius 3 is 2.30 bits per heavy atom. The predicted octanol–water partition coefficient (Wildman–Crippen LogP) is 6.60. The van der Waals surface area contributed by atoms with Crippen LogP contribution in [-0.2, 0) is 13.1 Å². The van der Waals surface area contributed by atoms with Crippen molar-refractivity contribution in [1.82, 2.24) is 9.80 Å². The molecule has 0 amide bonds. The van der Waals surface area contributed by atoms with Crippen molar-refractivity contribution in [3.05, 3.63) is 105 Å². The first-order valence-corrected chi connectivity index (χ1v) is 10.6. The standard InChI is InChI=1S/C24H22Cl2F2N2/c1-16-5-2-3-6-17(16)14-29-11-12-30(15-20-21(25)7-4-8-23(20)28)24(29)19-10-9-18(27)13-22(19)26/h2-10,13,24H,11-12,14-15H2,1H3. The molecule has 1 heterocycles. The van der Waals surface area contributed by atoms with Crippen molar-refractivity contribution < 1.29 is 8.78 Å². The fraction of sp³-hybridized carbons (Fsp3) is 0.250. The summed E-state index contributed by atoms with van der Waals surface area (Å²) in [5.41, 5.74) is 3.68. The van der Waals surface area contributed by atoms with Crippen molar-refractivity contribution in [2.75, 3.05) is 13.1 Å². The molecular formula is C24H22Cl2F2N2. The molecular weight excluding hydrogens is 425 g/mol. The van der Waals surface area contributed by atoms with E-state index in [1.807, 2.05) is 12.1 Å². The predicted molar refractivity (Wildman–Crippen MR) is 118 cm³/mol. The monoisotopic (exact) mass is 446 g/mol. The quantitative estimate of drug-likeness (QED) is 0.435. The molecule has 0 saturated carbocycles. The average Bonchev–Trinajstić information content (AvgIpc) is 3.09. The van der Waals surface area contributed by atoms with Crippen molar-refractivity contribution in [2.24, 2.45) is 0 Å². The van der Waals surface area contributed by atoms with Gasteiger partial charge in [-0.1, -0.05) is 59.6 Å². The molecule has 1 fully saturated rings. The van der Waals surface area contributed by atoms with Crippen LogP contribution in [-0.4, -0.2) is 22.9 Å². The largest absolute Gasteiger partial charge is 0.278 e. The van der Waals surface area contributed by atoms with Gasteiger partial charge in [-0.3, -0.25) is 9.80 Å². The van der Waals surface area contributed by atoms with Gasteiger partial charge in [0.25, 0.3) is 0 Å². The Kier molecular flexibility index (Phi) is 6.40. The summed E-state index contributed by atoms with van der Waals surface area (Å²) in [5.74, 6) is -0.709. The highest BCUT2D eigenvalue weighted by molar-refractivity contribution is 6.31. The van der Waals surface area contributed by atoms with Crippen LogP contribution in [0.4, 0.5) is 8.78 Å². The second kappa shape index (κ2) is 9.03. The maximum atomic E-state index is 14.5. The molecule has 0 N–H and O–H groups in total. The minimum atomic E-state index is -0.379. The van der Waals surface area contributed by atoms with E-state index in [1.165, 1.54) is 29.3 Å². The molecule has 6 heteroatoms. The Hall–Kier alpha value is -1.98. The number of nitrogens with zero attached hydrogens (tertiary/aromatic N) is 2. The van der Waals surface area contributed by atoms with Gasteiger partial charge in [-0.05, 0) is 42.3 Å². The fourth-order valence-corrected chi connectivity index (χ4v) is 4.55. The molecule has 0 aromatic heterocycles. The molecule has 0 bridgehead atoms. The second-order valence-electron chi connectivity index (χ2n) is 7.61. The third kappa shape index (κ3) is 4.37. The molecule has 0 aliphatic carbocycles. The van der Waals surface area contributed by atoms with Gasteiger partial charge in [-0.2, -0.15) is 0 Å². The number of benzene rings is 3. The number of hydrogen-bond acceptors (Lipinski definition) is 2. The van der Waals surface area contributed by atoms with Gasteiger partial charge in [0.15, 0.2) is 0 Å². The van der Waals surface area contributed by atoms with Gasteiger partial charge in [0.1, 0.15) is 11.6 Å². The van der Waals surface area contributed by atoms with Gasteiger partial charge in [-0.15, -0.1) is 0 Å². The number of halogens is 4. The molecule has 4 rings (SSSR count). The molecule has 1 atom stereocenters. The van der Waals surface area contributed by atoms with E-state index in [9.17, 15) is 8.78 Å². The topological polar surface area (TPSA) is 6.48 Å². The number of hydrogen-bond donors (Lipinski definition) is 0. The van der Waals surface area contributed by atoms with Gasteiger partial charge in [-0.25, -0.2) is 8.78 Å². The van der Waals surface area contributed by atoms with Crippen molar-refractivity contribution in [2.45, 2.75) is 26.2 Å². The lowest BCUT2D eigenvalue weighted by Gasteiger charge is -2.32. The highest BCUT2D eigenvalue weighted by Crippen LogP contribution is 2.37. The third-order valence-electron chi connectivity index (χ3n) is 5.66. The van der Waals surface area contributed by atoms with Crippen LogP contribution in [0.15, 0.2) is 60.7 Å². The minimum absolute atomic E-state index is 0.214. The molecule has 1 unspecified atom stereocenters. The van der Waals surface area contributed by atoms with Crippen molar-refractivity contribution in [1.29, 1.82) is 0 Å². The zero-order valence-electron chi connectivity index (χ0n) is 16.6. The van der Waals surface area contributed by atoms with Crippen LogP contribution in [0.25, 0.3) is 0 Å². The summed E-state index contributed by atoms with van der Waals surface area (Å²) in [4.78, 5) is 4.43. The maximum absolute atomic E-state index is 14.5. The maximum Gasteiger partial charge on any atom is 0.129 e. The lowest BCUT2D eigenvalue weighted by Crippen LogP contribution is -2.31. The first kappa shape index (κ1) is 21.3. The highest BCUT2D eigenvalue weighted by Gasteiger charge is 2.35. The average molecular weight is 447 g/mol. The molecule has 156 valence electrons. The van der Waals surface area contributed by atoms with E-state index in [0.717, 1.165) is 18.7 Å². The lowest BCUT2D eigenvalue weighted by atomic mass is 10.1. The molecule has 1 aliphatic rings. The Balaban J connectivity index is 1.70. The molecule has 2 nitrogen and oxygen atoms in total. The van der Waals surface area contributed by atoms with E-state index in [4.69, 9.17) is 23.2 Å². The van der Waals surface area contributed by atoms with E-state index in [-0.39, 0.29) is 17.8 Å². The van der Waals surface area contributed by atoms with Crippen LogP contribution in [0.2, 0.25) is 10.0 Å². The summed E-state index contributed by atoms with van der Waals surface area (Å²) in [6, 6.07) is 17.4. The molecule has 3 aromatic rings. The highest BCUT2D eigenvalue weighted by atomic mass is 35.5. The van der Waals surface area contributed by atoms with Crippen LogP contribution in [0, 0.1) is 18.6 Å². The van der Waals surface area contributed by atoms with Gasteiger partial charge in [0, 0.05) is 47.4 Å². The number of aryl methyl sites for hydroxylation is 1. The summed E-state index contributed by atoms with van der Waals surface area (Å²) in [6.07, 6.45) is -0.214. The van der Waals surface area contributed by atoms with E-state index >= 15 is 0 Å². The van der Waals surface area contributed by atoms with Crippen LogP contribution in [0.5, 0.6) is 0 Å². The van der Waals surface area contributed by atoms with Crippen LogP contribution in [0.3, 0.4) is 0 Å². The van der Waals surface area contributed by atoms with Gasteiger partial charge >= 0.3 is 0 Å². The van der Waals surface area contributed by atoms with E-state index in [1.54, 1.807) is 18.2 Å². The molecule has 1 aliphatic heterocycles. The third-order valence-corrected chi connectivity index (χ3v) is 6.35. The second-order valence-corrected chi connectivity index (χ2v) is 8.42. The van der Waals surface area contributed by atoms with Crippen molar-refractivity contribution >= 4 is 23.2 Å². The van der Waals surface area contributed by atoms with E-state index < -0.39 is 0 Å². The van der Waals surface area contributed by atoms with Crippen molar-refractivity contribution in [3.63, 3.8) is 0 Å². The Morgan fingerprint density at radius 1 is 0.867 bits per heavy atom. The summed E-state index contributed by atoms with van der Waals surface area (Å²) in [5, 5.41) is 0.762. The molecule has 30 heavy (non-hydrogen) atoms. The number of rotatable bonds is 5. The summed E-state index contributed by atoms with van der Waals surface area (Å²) in [6.45, 7) is 4.64. The smallest absolute Gasteiger partial charge is 0.129 e. The molecule has 0 radical (unpaired) electrons. The Bertz CT molecular complexity index is 1040. The van der Waals surface area contributed by atoms with Crippen LogP contribution in [0.1, 0.15) is 28.4 Å². The van der Waals surface area contributed by atoms with Crippen LogP contribution >= 0.6 is 23.2 Å². The molecule has 3 aromatic carbocycles. The van der Waals surface area contributed by atoms with Gasteiger partial charge in [0.2, 0.25) is 0 Å². The zero-order valence-corrected chi connectivity index (χ0v) is 18.1. The minimum Gasteiger partial charge on any atom is -0.278 e. The van der Waals surface area contributed by atoms with Crippen LogP contribution < -0.4 is 0 Å². The van der Waals surface area contributed by atoms with Gasteiger partial charge in [0.05, 0.1) is 6.17 Å². The van der Waals surface area contributed by atoms with Crippen molar-refractivity contribution in [3.8, 4) is 0 Å². The van der Waals surface area contributed by atoms with E-state index in [0.29, 0.717) is 28.7 Å². The SMILES string of the molecule is Cc1ccccc1CN1CCN(Cc2c(F)cccc2Cl)C1c1ccc(F)cc1Cl. The first-order valence-electron chi connectivity index (χ1n) is 9.84. The van der Waals surface area contributed by atoms with E-state index in [2.05, 4.69) is 28.9 Å². The Labute approximate surface area is 185 Å². The fourth-order valence-electron chi connectivity index (χ4n) is 4.06. The first-order chi connectivity index (χ1) is 14.4. The zero-order chi connectivity index (χ0) is 21.3. The Morgan fingerprint density at radius 2 is 1.60 bits per heavy atom. The van der Waals surface area contributed by atoms with Gasteiger partial charge < -0.3 is 0 Å². The summed E-state index contributed by atoms with van der Waals surface area (Å²) < 4.78 is 28.2. The summed E-state index contributed by atoms with van der Waals surface area (Å²) in [7, 11) is 0. The summed E-state index contributed by atoms with van der Waals surface area (Å²) >= 11 is 12.7.